The second kappa shape index (κ2) is 9.03. The van der Waals surface area contributed by atoms with Crippen molar-refractivity contribution in [3.8, 4) is 0 Å². The number of carbonyl (C=O) groups excluding carboxylic acids is 1. The highest BCUT2D eigenvalue weighted by Crippen LogP contribution is 2.33. The van der Waals surface area contributed by atoms with Crippen molar-refractivity contribution in [2.24, 2.45) is 0 Å². The van der Waals surface area contributed by atoms with Gasteiger partial charge in [-0.05, 0) is 54.2 Å². The molecule has 0 heterocycles. The maximum Gasteiger partial charge on any atom is 0.328 e. The first-order chi connectivity index (χ1) is 13.1. The fourth-order valence-electron chi connectivity index (χ4n) is 3.48. The molecule has 0 radical (unpaired) electrons. The number of benzene rings is 2. The lowest BCUT2D eigenvalue weighted by atomic mass is 9.84. The summed E-state index contributed by atoms with van der Waals surface area (Å²) in [6.07, 6.45) is 8.91. The first-order valence-corrected chi connectivity index (χ1v) is 9.30. The van der Waals surface area contributed by atoms with Gasteiger partial charge in [-0.15, -0.1) is 0 Å². The number of carbonyl (C=O) groups is 2. The highest BCUT2D eigenvalue weighted by atomic mass is 16.4. The molecule has 2 aromatic rings. The molecule has 0 aromatic heterocycles. The normalized spacial score (nSPS) is 14.8. The molecule has 140 valence electrons. The second-order valence-electron chi connectivity index (χ2n) is 6.79. The third-order valence-electron chi connectivity index (χ3n) is 4.86. The van der Waals surface area contributed by atoms with Crippen molar-refractivity contribution in [2.75, 3.05) is 10.6 Å². The molecule has 0 aliphatic heterocycles. The Morgan fingerprint density at radius 3 is 2.33 bits per heavy atom. The second-order valence-corrected chi connectivity index (χ2v) is 6.79. The van der Waals surface area contributed by atoms with Gasteiger partial charge in [0.1, 0.15) is 0 Å². The van der Waals surface area contributed by atoms with Gasteiger partial charge in [-0.2, -0.15) is 0 Å². The summed E-state index contributed by atoms with van der Waals surface area (Å²) in [6.45, 7) is 0. The number of anilines is 2. The number of aliphatic carboxylic acids is 1. The first kappa shape index (κ1) is 18.7. The third-order valence-corrected chi connectivity index (χ3v) is 4.86. The molecule has 0 spiro atoms. The van der Waals surface area contributed by atoms with E-state index in [0.29, 0.717) is 17.2 Å². The van der Waals surface area contributed by atoms with Crippen molar-refractivity contribution in [1.82, 2.24) is 0 Å². The van der Waals surface area contributed by atoms with Gasteiger partial charge in [0, 0.05) is 17.5 Å². The van der Waals surface area contributed by atoms with Gasteiger partial charge in [-0.1, -0.05) is 49.6 Å². The lowest BCUT2D eigenvalue weighted by Crippen LogP contribution is -2.20. The van der Waals surface area contributed by atoms with Crippen molar-refractivity contribution in [1.29, 1.82) is 0 Å². The summed E-state index contributed by atoms with van der Waals surface area (Å²) in [5.74, 6) is -0.401. The van der Waals surface area contributed by atoms with E-state index in [1.807, 2.05) is 12.1 Å². The van der Waals surface area contributed by atoms with E-state index in [4.69, 9.17) is 5.11 Å². The van der Waals surface area contributed by atoms with E-state index in [-0.39, 0.29) is 6.03 Å². The van der Waals surface area contributed by atoms with Gasteiger partial charge >= 0.3 is 12.0 Å². The van der Waals surface area contributed by atoms with Crippen LogP contribution in [0, 0.1) is 0 Å². The van der Waals surface area contributed by atoms with Crippen LogP contribution in [0.4, 0.5) is 16.2 Å². The van der Waals surface area contributed by atoms with Crippen molar-refractivity contribution < 1.29 is 14.7 Å². The molecule has 3 rings (SSSR count). The summed E-state index contributed by atoms with van der Waals surface area (Å²) in [6, 6.07) is 14.7. The molecule has 0 unspecified atom stereocenters. The number of urea groups is 1. The smallest absolute Gasteiger partial charge is 0.328 e. The van der Waals surface area contributed by atoms with Gasteiger partial charge in [0.25, 0.3) is 0 Å². The quantitative estimate of drug-likeness (QED) is 0.615. The van der Waals surface area contributed by atoms with Crippen LogP contribution in [0.2, 0.25) is 0 Å². The van der Waals surface area contributed by atoms with Crippen LogP contribution in [-0.4, -0.2) is 17.1 Å². The Hall–Kier alpha value is -3.08. The van der Waals surface area contributed by atoms with E-state index in [9.17, 15) is 9.59 Å². The summed E-state index contributed by atoms with van der Waals surface area (Å²) in [5.41, 5.74) is 3.24. The lowest BCUT2D eigenvalue weighted by molar-refractivity contribution is -0.131. The molecule has 1 aliphatic carbocycles. The van der Waals surface area contributed by atoms with Crippen molar-refractivity contribution in [2.45, 2.75) is 38.0 Å². The van der Waals surface area contributed by atoms with Gasteiger partial charge < -0.3 is 15.7 Å². The van der Waals surface area contributed by atoms with Crippen LogP contribution >= 0.6 is 0 Å². The van der Waals surface area contributed by atoms with Crippen LogP contribution in [0.5, 0.6) is 0 Å². The van der Waals surface area contributed by atoms with Gasteiger partial charge in [0.05, 0.1) is 0 Å². The fraction of sp³-hybridized carbons (Fsp3) is 0.273. The number of carboxylic acids is 1. The van der Waals surface area contributed by atoms with E-state index in [1.54, 1.807) is 24.3 Å². The minimum Gasteiger partial charge on any atom is -0.478 e. The van der Waals surface area contributed by atoms with Gasteiger partial charge in [-0.25, -0.2) is 9.59 Å². The molecule has 5 nitrogen and oxygen atoms in total. The molecule has 1 fully saturated rings. The molecule has 2 amide bonds. The summed E-state index contributed by atoms with van der Waals surface area (Å²) < 4.78 is 0. The van der Waals surface area contributed by atoms with E-state index in [2.05, 4.69) is 22.8 Å². The molecule has 0 bridgehead atoms. The number of para-hydroxylation sites is 1. The van der Waals surface area contributed by atoms with Crippen LogP contribution in [0.3, 0.4) is 0 Å². The van der Waals surface area contributed by atoms with Crippen LogP contribution in [0.25, 0.3) is 6.08 Å². The van der Waals surface area contributed by atoms with E-state index >= 15 is 0 Å². The Balaban J connectivity index is 1.62. The molecule has 1 aliphatic rings. The van der Waals surface area contributed by atoms with Crippen molar-refractivity contribution >= 4 is 29.5 Å². The van der Waals surface area contributed by atoms with Gasteiger partial charge in [0.15, 0.2) is 0 Å². The summed E-state index contributed by atoms with van der Waals surface area (Å²) in [7, 11) is 0. The maximum absolute atomic E-state index is 12.3. The zero-order valence-corrected chi connectivity index (χ0v) is 15.2. The Kier molecular flexibility index (Phi) is 6.26. The monoisotopic (exact) mass is 364 g/mol. The number of carboxylic acid groups (broad SMARTS) is 1. The number of rotatable bonds is 5. The SMILES string of the molecule is O=C(O)/C=C/c1ccccc1NC(=O)Nc1ccc(C2CCCCC2)cc1. The molecular weight excluding hydrogens is 340 g/mol. The predicted molar refractivity (Wildman–Crippen MR) is 108 cm³/mol. The minimum absolute atomic E-state index is 0.364. The van der Waals surface area contributed by atoms with Crippen LogP contribution in [0.15, 0.2) is 54.6 Å². The number of nitrogens with one attached hydrogen (secondary N) is 2. The minimum atomic E-state index is -1.03. The Bertz CT molecular complexity index is 822. The van der Waals surface area contributed by atoms with Crippen LogP contribution in [-0.2, 0) is 4.79 Å². The highest BCUT2D eigenvalue weighted by molar-refractivity contribution is 6.01. The molecule has 1 saturated carbocycles. The Morgan fingerprint density at radius 1 is 0.926 bits per heavy atom. The average Bonchev–Trinajstić information content (AvgIpc) is 2.68. The number of amides is 2. The highest BCUT2D eigenvalue weighted by Gasteiger charge is 2.15. The standard InChI is InChI=1S/C22H24N2O3/c25-21(26)15-12-18-8-4-5-9-20(18)24-22(27)23-19-13-10-17(11-14-19)16-6-2-1-3-7-16/h4-5,8-16H,1-3,6-7H2,(H,25,26)(H2,23,24,27)/b15-12+. The predicted octanol–water partition coefficient (Wildman–Crippen LogP) is 5.48. The molecular formula is C22H24N2O3. The largest absolute Gasteiger partial charge is 0.478 e. The third kappa shape index (κ3) is 5.45. The van der Waals surface area contributed by atoms with E-state index in [0.717, 1.165) is 11.8 Å². The summed E-state index contributed by atoms with van der Waals surface area (Å²) in [4.78, 5) is 23.0. The van der Waals surface area contributed by atoms with Gasteiger partial charge in [-0.3, -0.25) is 0 Å². The molecule has 27 heavy (non-hydrogen) atoms. The lowest BCUT2D eigenvalue weighted by Gasteiger charge is -2.22. The number of hydrogen-bond acceptors (Lipinski definition) is 2. The maximum atomic E-state index is 12.3. The average molecular weight is 364 g/mol. The molecule has 5 heteroatoms. The zero-order chi connectivity index (χ0) is 19.1. The summed E-state index contributed by atoms with van der Waals surface area (Å²) >= 11 is 0. The topological polar surface area (TPSA) is 78.4 Å². The first-order valence-electron chi connectivity index (χ1n) is 9.30. The van der Waals surface area contributed by atoms with Crippen molar-refractivity contribution in [3.05, 3.63) is 65.7 Å². The number of hydrogen-bond donors (Lipinski definition) is 3. The van der Waals surface area contributed by atoms with Crippen LogP contribution < -0.4 is 10.6 Å². The summed E-state index contributed by atoms with van der Waals surface area (Å²) in [5, 5.41) is 14.4. The zero-order valence-electron chi connectivity index (χ0n) is 15.2. The molecule has 2 aromatic carbocycles. The van der Waals surface area contributed by atoms with E-state index < -0.39 is 5.97 Å². The van der Waals surface area contributed by atoms with Crippen LogP contribution in [0.1, 0.15) is 49.1 Å². The molecule has 3 N–H and O–H groups in total. The molecule has 0 atom stereocenters. The van der Waals surface area contributed by atoms with Gasteiger partial charge in [0.2, 0.25) is 0 Å². The van der Waals surface area contributed by atoms with E-state index in [1.165, 1.54) is 43.7 Å². The Morgan fingerprint density at radius 2 is 1.63 bits per heavy atom. The molecule has 0 saturated heterocycles. The fourth-order valence-corrected chi connectivity index (χ4v) is 3.48. The Labute approximate surface area is 159 Å². The van der Waals surface area contributed by atoms with Crippen molar-refractivity contribution in [3.63, 3.8) is 0 Å².